The van der Waals surface area contributed by atoms with Crippen molar-refractivity contribution in [3.8, 4) is 5.75 Å². The molecule has 0 aromatic heterocycles. The molecule has 1 fully saturated rings. The smallest absolute Gasteiger partial charge is 0.263 e. The normalized spacial score (nSPS) is 23.7. The first-order valence-corrected chi connectivity index (χ1v) is 7.65. The third-order valence-corrected chi connectivity index (χ3v) is 4.36. The molecule has 2 rings (SSSR count). The van der Waals surface area contributed by atoms with E-state index >= 15 is 0 Å². The second-order valence-electron chi connectivity index (χ2n) is 5.26. The highest BCUT2D eigenvalue weighted by molar-refractivity contribution is 9.10. The molecule has 5 heteroatoms. The van der Waals surface area contributed by atoms with Gasteiger partial charge in [0, 0.05) is 11.0 Å². The number of nitrogens with zero attached hydrogens (tertiary/aromatic N) is 1. The minimum atomic E-state index is -0.546. The summed E-state index contributed by atoms with van der Waals surface area (Å²) < 4.78 is 6.65. The monoisotopic (exact) mass is 341 g/mol. The molecule has 0 saturated carbocycles. The number of carbonyl (C=O) groups excluding carboxylic acids is 1. The molecule has 3 atom stereocenters. The first-order valence-electron chi connectivity index (χ1n) is 6.86. The molecule has 110 valence electrons. The van der Waals surface area contributed by atoms with E-state index in [9.17, 15) is 9.90 Å². The van der Waals surface area contributed by atoms with Gasteiger partial charge in [0.1, 0.15) is 5.75 Å². The van der Waals surface area contributed by atoms with Crippen molar-refractivity contribution in [2.45, 2.75) is 32.4 Å². The number of rotatable bonds is 4. The van der Waals surface area contributed by atoms with Gasteiger partial charge in [-0.1, -0.05) is 22.9 Å². The largest absolute Gasteiger partial charge is 0.481 e. The van der Waals surface area contributed by atoms with Gasteiger partial charge in [0.05, 0.1) is 12.6 Å². The second-order valence-corrected chi connectivity index (χ2v) is 6.18. The number of aliphatic hydroxyl groups excluding tert-OH is 1. The van der Waals surface area contributed by atoms with Crippen molar-refractivity contribution in [3.63, 3.8) is 0 Å². The van der Waals surface area contributed by atoms with E-state index in [4.69, 9.17) is 4.74 Å². The maximum Gasteiger partial charge on any atom is 0.263 e. The minimum absolute atomic E-state index is 0.0118. The van der Waals surface area contributed by atoms with Crippen molar-refractivity contribution in [1.82, 2.24) is 4.90 Å². The fraction of sp³-hybridized carbons (Fsp3) is 0.533. The fourth-order valence-electron chi connectivity index (χ4n) is 2.56. The zero-order chi connectivity index (χ0) is 14.7. The van der Waals surface area contributed by atoms with E-state index in [2.05, 4.69) is 22.9 Å². The summed E-state index contributed by atoms with van der Waals surface area (Å²) in [6.45, 7) is 4.52. The Kier molecular flexibility index (Phi) is 5.05. The van der Waals surface area contributed by atoms with Crippen LogP contribution in [0, 0.1) is 5.92 Å². The van der Waals surface area contributed by atoms with Gasteiger partial charge < -0.3 is 14.7 Å². The Labute approximate surface area is 127 Å². The van der Waals surface area contributed by atoms with Gasteiger partial charge in [0.2, 0.25) is 0 Å². The molecule has 0 radical (unpaired) electrons. The maximum atomic E-state index is 12.4. The van der Waals surface area contributed by atoms with Crippen molar-refractivity contribution < 1.29 is 14.6 Å². The van der Waals surface area contributed by atoms with Crippen molar-refractivity contribution >= 4 is 21.8 Å². The zero-order valence-electron chi connectivity index (χ0n) is 11.8. The first-order chi connectivity index (χ1) is 9.52. The lowest BCUT2D eigenvalue weighted by atomic mass is 10.0. The molecule has 1 N–H and O–H groups in total. The molecule has 0 spiro atoms. The van der Waals surface area contributed by atoms with Gasteiger partial charge in [0.25, 0.3) is 5.91 Å². The molecule has 1 aliphatic heterocycles. The molecule has 1 aliphatic rings. The lowest BCUT2D eigenvalue weighted by Crippen LogP contribution is -2.45. The summed E-state index contributed by atoms with van der Waals surface area (Å²) in [6.07, 6.45) is 0.387. The Balaban J connectivity index is 2.00. The number of amides is 1. The van der Waals surface area contributed by atoms with Gasteiger partial charge in [-0.2, -0.15) is 0 Å². The summed E-state index contributed by atoms with van der Waals surface area (Å²) in [5.74, 6) is 0.946. The lowest BCUT2D eigenvalue weighted by molar-refractivity contribution is -0.139. The number of benzene rings is 1. The van der Waals surface area contributed by atoms with Crippen LogP contribution in [0.2, 0.25) is 0 Å². The third kappa shape index (κ3) is 3.33. The van der Waals surface area contributed by atoms with Crippen LogP contribution in [0.1, 0.15) is 20.3 Å². The van der Waals surface area contributed by atoms with E-state index in [1.165, 1.54) is 0 Å². The SMILES string of the molecule is CC(Oc1ccc(Br)cc1)C(=O)N1CCC(C)C1CO. The quantitative estimate of drug-likeness (QED) is 0.914. The number of likely N-dealkylation sites (tertiary alicyclic amines) is 1. The maximum absolute atomic E-state index is 12.4. The third-order valence-electron chi connectivity index (χ3n) is 3.83. The summed E-state index contributed by atoms with van der Waals surface area (Å²) in [7, 11) is 0. The summed E-state index contributed by atoms with van der Waals surface area (Å²) in [5.41, 5.74) is 0. The standard InChI is InChI=1S/C15H20BrNO3/c1-10-7-8-17(14(10)9-18)15(19)11(2)20-13-5-3-12(16)4-6-13/h3-6,10-11,14,18H,7-9H2,1-2H3. The van der Waals surface area contributed by atoms with Crippen LogP contribution in [-0.2, 0) is 4.79 Å². The second kappa shape index (κ2) is 6.59. The van der Waals surface area contributed by atoms with Gasteiger partial charge in [-0.05, 0) is 43.5 Å². The van der Waals surface area contributed by atoms with E-state index in [0.717, 1.165) is 10.9 Å². The van der Waals surface area contributed by atoms with Gasteiger partial charge in [-0.3, -0.25) is 4.79 Å². The molecule has 0 aliphatic carbocycles. The lowest BCUT2D eigenvalue weighted by Gasteiger charge is -2.28. The molecule has 1 heterocycles. The number of aliphatic hydroxyl groups is 1. The summed E-state index contributed by atoms with van der Waals surface area (Å²) in [4.78, 5) is 14.2. The number of ether oxygens (including phenoxy) is 1. The van der Waals surface area contributed by atoms with E-state index in [0.29, 0.717) is 18.2 Å². The van der Waals surface area contributed by atoms with Crippen LogP contribution in [0.4, 0.5) is 0 Å². The average molecular weight is 342 g/mol. The molecule has 3 unspecified atom stereocenters. The summed E-state index contributed by atoms with van der Waals surface area (Å²) in [6, 6.07) is 7.31. The molecule has 1 amide bonds. The van der Waals surface area contributed by atoms with Gasteiger partial charge in [0.15, 0.2) is 6.10 Å². The Morgan fingerprint density at radius 3 is 2.75 bits per heavy atom. The topological polar surface area (TPSA) is 49.8 Å². The number of hydrogen-bond donors (Lipinski definition) is 1. The molecular formula is C15H20BrNO3. The van der Waals surface area contributed by atoms with Gasteiger partial charge in [-0.15, -0.1) is 0 Å². The predicted molar refractivity (Wildman–Crippen MR) is 80.6 cm³/mol. The van der Waals surface area contributed by atoms with Crippen LogP contribution >= 0.6 is 15.9 Å². The fourth-order valence-corrected chi connectivity index (χ4v) is 2.83. The molecule has 20 heavy (non-hydrogen) atoms. The first kappa shape index (κ1) is 15.3. The van der Waals surface area contributed by atoms with Crippen molar-refractivity contribution in [3.05, 3.63) is 28.7 Å². The Morgan fingerprint density at radius 1 is 1.50 bits per heavy atom. The van der Waals surface area contributed by atoms with Gasteiger partial charge >= 0.3 is 0 Å². The van der Waals surface area contributed by atoms with Crippen LogP contribution in [0.3, 0.4) is 0 Å². The highest BCUT2D eigenvalue weighted by Crippen LogP contribution is 2.25. The van der Waals surface area contributed by atoms with Crippen LogP contribution < -0.4 is 4.74 Å². The number of halogens is 1. The average Bonchev–Trinajstić information content (AvgIpc) is 2.81. The Bertz CT molecular complexity index is 463. The van der Waals surface area contributed by atoms with Crippen molar-refractivity contribution in [2.24, 2.45) is 5.92 Å². The molecule has 1 aromatic carbocycles. The van der Waals surface area contributed by atoms with Crippen LogP contribution in [-0.4, -0.2) is 41.2 Å². The van der Waals surface area contributed by atoms with Crippen molar-refractivity contribution in [2.75, 3.05) is 13.2 Å². The summed E-state index contributed by atoms with van der Waals surface area (Å²) in [5, 5.41) is 9.42. The minimum Gasteiger partial charge on any atom is -0.481 e. The highest BCUT2D eigenvalue weighted by atomic mass is 79.9. The zero-order valence-corrected chi connectivity index (χ0v) is 13.3. The molecular weight excluding hydrogens is 322 g/mol. The molecule has 0 bridgehead atoms. The van der Waals surface area contributed by atoms with E-state index in [1.807, 2.05) is 24.3 Å². The van der Waals surface area contributed by atoms with E-state index in [-0.39, 0.29) is 18.6 Å². The van der Waals surface area contributed by atoms with E-state index in [1.54, 1.807) is 11.8 Å². The van der Waals surface area contributed by atoms with Crippen molar-refractivity contribution in [1.29, 1.82) is 0 Å². The molecule has 4 nitrogen and oxygen atoms in total. The molecule has 1 aromatic rings. The Hall–Kier alpha value is -1.07. The molecule has 1 saturated heterocycles. The highest BCUT2D eigenvalue weighted by Gasteiger charge is 2.36. The summed E-state index contributed by atoms with van der Waals surface area (Å²) >= 11 is 3.36. The predicted octanol–water partition coefficient (Wildman–Crippen LogP) is 2.45. The Morgan fingerprint density at radius 2 is 2.15 bits per heavy atom. The van der Waals surface area contributed by atoms with Crippen LogP contribution in [0.5, 0.6) is 5.75 Å². The van der Waals surface area contributed by atoms with Gasteiger partial charge in [-0.25, -0.2) is 0 Å². The number of carbonyl (C=O) groups is 1. The van der Waals surface area contributed by atoms with E-state index < -0.39 is 6.10 Å². The van der Waals surface area contributed by atoms with Crippen LogP contribution in [0.15, 0.2) is 28.7 Å². The van der Waals surface area contributed by atoms with Crippen LogP contribution in [0.25, 0.3) is 0 Å². The number of hydrogen-bond acceptors (Lipinski definition) is 3.